The van der Waals surface area contributed by atoms with Crippen LogP contribution in [0.4, 0.5) is 0 Å². The van der Waals surface area contributed by atoms with Gasteiger partial charge in [0.1, 0.15) is 6.04 Å². The van der Waals surface area contributed by atoms with Gasteiger partial charge in [0.15, 0.2) is 0 Å². The highest BCUT2D eigenvalue weighted by Gasteiger charge is 2.27. The van der Waals surface area contributed by atoms with Crippen LogP contribution in [0.2, 0.25) is 0 Å². The molecule has 0 saturated carbocycles. The van der Waals surface area contributed by atoms with Crippen LogP contribution in [0, 0.1) is 0 Å². The Bertz CT molecular complexity index is 220. The van der Waals surface area contributed by atoms with Crippen LogP contribution >= 0.6 is 7.82 Å². The molecule has 1 atom stereocenters. The third-order valence-corrected chi connectivity index (χ3v) is 1.75. The maximum Gasteiger partial charge on any atom is 0.527 e. The molecule has 0 aliphatic carbocycles. The first kappa shape index (κ1) is 13.5. The van der Waals surface area contributed by atoms with Gasteiger partial charge in [0.2, 0.25) is 0 Å². The van der Waals surface area contributed by atoms with Crippen molar-refractivity contribution >= 4 is 13.8 Å². The molecule has 0 aromatic rings. The van der Waals surface area contributed by atoms with Crippen LogP contribution in [0.1, 0.15) is 19.8 Å². The van der Waals surface area contributed by atoms with E-state index in [9.17, 15) is 9.36 Å². The van der Waals surface area contributed by atoms with Gasteiger partial charge in [0.05, 0.1) is 7.11 Å². The fraction of sp³-hybridized carbons (Fsp3) is 0.833. The second kappa shape index (κ2) is 6.10. The second-order valence-electron chi connectivity index (χ2n) is 2.56. The molecule has 0 amide bonds. The van der Waals surface area contributed by atoms with Crippen molar-refractivity contribution in [3.05, 3.63) is 0 Å². The van der Waals surface area contributed by atoms with Crippen LogP contribution in [0.15, 0.2) is 0 Å². The number of phosphoric acid groups is 1. The Balaban J connectivity index is 4.21. The molecule has 0 aromatic carbocycles. The number of rotatable bonds is 6. The highest BCUT2D eigenvalue weighted by Crippen LogP contribution is 2.36. The number of phosphoric ester groups is 1. The zero-order chi connectivity index (χ0) is 11.2. The van der Waals surface area contributed by atoms with Crippen molar-refractivity contribution in [3.63, 3.8) is 0 Å². The number of carbonyl (C=O) groups excluding carboxylic acids is 1. The van der Waals surface area contributed by atoms with Crippen LogP contribution in [0.3, 0.4) is 0 Å². The van der Waals surface area contributed by atoms with Gasteiger partial charge in [-0.15, -0.1) is 0 Å². The van der Waals surface area contributed by atoms with Crippen molar-refractivity contribution in [1.29, 1.82) is 0 Å². The minimum Gasteiger partial charge on any atom is -0.369 e. The molecule has 3 N–H and O–H groups in total. The van der Waals surface area contributed by atoms with Crippen LogP contribution < -0.4 is 5.48 Å². The molecule has 0 spiro atoms. The molecule has 0 fully saturated rings. The molecule has 7 nitrogen and oxygen atoms in total. The van der Waals surface area contributed by atoms with E-state index in [1.807, 2.05) is 6.92 Å². The summed E-state index contributed by atoms with van der Waals surface area (Å²) in [6, 6.07) is -0.863. The van der Waals surface area contributed by atoms with E-state index in [1.54, 1.807) is 0 Å². The van der Waals surface area contributed by atoms with Crippen molar-refractivity contribution in [2.45, 2.75) is 25.8 Å². The van der Waals surface area contributed by atoms with Crippen LogP contribution in [0.25, 0.3) is 0 Å². The average molecular weight is 227 g/mol. The van der Waals surface area contributed by atoms with Gasteiger partial charge in [-0.3, -0.25) is 9.79 Å². The molecule has 14 heavy (non-hydrogen) atoms. The first-order valence-electron chi connectivity index (χ1n) is 3.98. The van der Waals surface area contributed by atoms with E-state index < -0.39 is 19.8 Å². The van der Waals surface area contributed by atoms with E-state index in [-0.39, 0.29) is 0 Å². The monoisotopic (exact) mass is 227 g/mol. The Morgan fingerprint density at radius 3 is 2.50 bits per heavy atom. The SMILES string of the molecule is CCC[C@H](NOC)C(=O)OP(=O)(O)O. The van der Waals surface area contributed by atoms with E-state index in [1.165, 1.54) is 7.11 Å². The first-order chi connectivity index (χ1) is 6.40. The molecule has 0 unspecified atom stereocenters. The zero-order valence-corrected chi connectivity index (χ0v) is 8.86. The Morgan fingerprint density at radius 1 is 1.57 bits per heavy atom. The van der Waals surface area contributed by atoms with Crippen LogP contribution in [-0.2, 0) is 18.7 Å². The van der Waals surface area contributed by atoms with E-state index >= 15 is 0 Å². The second-order valence-corrected chi connectivity index (χ2v) is 3.73. The van der Waals surface area contributed by atoms with Crippen molar-refractivity contribution in [2.75, 3.05) is 7.11 Å². The van der Waals surface area contributed by atoms with Crippen molar-refractivity contribution in [3.8, 4) is 0 Å². The summed E-state index contributed by atoms with van der Waals surface area (Å²) in [5.41, 5.74) is 2.29. The fourth-order valence-electron chi connectivity index (χ4n) is 0.837. The molecule has 0 bridgehead atoms. The largest absolute Gasteiger partial charge is 0.527 e. The molecule has 0 aromatic heterocycles. The molecule has 84 valence electrons. The van der Waals surface area contributed by atoms with E-state index in [0.29, 0.717) is 12.8 Å². The standard InChI is InChI=1S/C6H14NO6P/c1-3-4-5(7-12-2)6(8)13-14(9,10)11/h5,7H,3-4H2,1-2H3,(H2,9,10,11)/t5-/m0/s1. The van der Waals surface area contributed by atoms with Gasteiger partial charge in [0, 0.05) is 0 Å². The maximum absolute atomic E-state index is 11.1. The number of hydrogen-bond acceptors (Lipinski definition) is 5. The lowest BCUT2D eigenvalue weighted by Gasteiger charge is -2.15. The molecular formula is C6H14NO6P. The summed E-state index contributed by atoms with van der Waals surface area (Å²) >= 11 is 0. The highest BCUT2D eigenvalue weighted by molar-refractivity contribution is 7.46. The Morgan fingerprint density at radius 2 is 2.14 bits per heavy atom. The summed E-state index contributed by atoms with van der Waals surface area (Å²) < 4.78 is 14.2. The molecule has 0 aliphatic rings. The fourth-order valence-corrected chi connectivity index (χ4v) is 1.20. The Hall–Kier alpha value is -0.460. The molecule has 8 heteroatoms. The molecule has 0 heterocycles. The summed E-state index contributed by atoms with van der Waals surface area (Å²) in [6.07, 6.45) is 1.02. The van der Waals surface area contributed by atoms with Gasteiger partial charge in [-0.2, -0.15) is 5.48 Å². The predicted octanol–water partition coefficient (Wildman–Crippen LogP) is -0.0580. The summed E-state index contributed by atoms with van der Waals surface area (Å²) in [4.78, 5) is 32.3. The lowest BCUT2D eigenvalue weighted by atomic mass is 10.2. The van der Waals surface area contributed by atoms with Crippen LogP contribution in [0.5, 0.6) is 0 Å². The predicted molar refractivity (Wildman–Crippen MR) is 47.0 cm³/mol. The van der Waals surface area contributed by atoms with Gasteiger partial charge < -0.3 is 9.36 Å². The third-order valence-electron chi connectivity index (χ3n) is 1.33. The number of hydroxylamine groups is 1. The minimum atomic E-state index is -4.77. The lowest BCUT2D eigenvalue weighted by Crippen LogP contribution is -2.36. The van der Waals surface area contributed by atoms with E-state index in [0.717, 1.165) is 0 Å². The third kappa shape index (κ3) is 6.06. The first-order valence-corrected chi connectivity index (χ1v) is 5.51. The molecule has 0 rings (SSSR count). The molecular weight excluding hydrogens is 213 g/mol. The summed E-state index contributed by atoms with van der Waals surface area (Å²) in [7, 11) is -3.47. The normalized spacial score (nSPS) is 13.7. The number of nitrogens with one attached hydrogen (secondary N) is 1. The van der Waals surface area contributed by atoms with Crippen molar-refractivity contribution < 1.29 is 28.5 Å². The zero-order valence-electron chi connectivity index (χ0n) is 7.97. The van der Waals surface area contributed by atoms with Crippen LogP contribution in [-0.4, -0.2) is 28.9 Å². The van der Waals surface area contributed by atoms with Crippen molar-refractivity contribution in [1.82, 2.24) is 5.48 Å². The molecule has 0 radical (unpaired) electrons. The number of hydrogen-bond donors (Lipinski definition) is 3. The average Bonchev–Trinajstić information content (AvgIpc) is 2.01. The topological polar surface area (TPSA) is 105 Å². The van der Waals surface area contributed by atoms with Gasteiger partial charge >= 0.3 is 13.8 Å². The maximum atomic E-state index is 11.1. The van der Waals surface area contributed by atoms with Gasteiger partial charge in [-0.05, 0) is 6.42 Å². The van der Waals surface area contributed by atoms with Gasteiger partial charge in [0.25, 0.3) is 0 Å². The number of carbonyl (C=O) groups is 1. The van der Waals surface area contributed by atoms with Gasteiger partial charge in [-0.1, -0.05) is 13.3 Å². The lowest BCUT2D eigenvalue weighted by molar-refractivity contribution is -0.142. The minimum absolute atomic E-state index is 0.368. The van der Waals surface area contributed by atoms with E-state index in [2.05, 4.69) is 14.8 Å². The van der Waals surface area contributed by atoms with Gasteiger partial charge in [-0.25, -0.2) is 9.36 Å². The quantitative estimate of drug-likeness (QED) is 0.431. The molecule has 0 saturated heterocycles. The van der Waals surface area contributed by atoms with Crippen molar-refractivity contribution in [2.24, 2.45) is 0 Å². The smallest absolute Gasteiger partial charge is 0.369 e. The summed E-state index contributed by atoms with van der Waals surface area (Å²) in [5.74, 6) is -1.03. The summed E-state index contributed by atoms with van der Waals surface area (Å²) in [6.45, 7) is 1.81. The summed E-state index contributed by atoms with van der Waals surface area (Å²) in [5, 5.41) is 0. The Kier molecular flexibility index (Phi) is 5.90. The highest BCUT2D eigenvalue weighted by atomic mass is 31.2. The van der Waals surface area contributed by atoms with E-state index in [4.69, 9.17) is 9.79 Å². The molecule has 0 aliphatic heterocycles. The Labute approximate surface area is 81.6 Å².